The molecular formula is C13H19F3N2S. The summed E-state index contributed by atoms with van der Waals surface area (Å²) in [6.07, 6.45) is -3.29. The Bertz CT molecular complexity index is 389. The molecule has 19 heavy (non-hydrogen) atoms. The first-order valence-corrected chi connectivity index (χ1v) is 7.37. The van der Waals surface area contributed by atoms with Crippen molar-refractivity contribution in [2.24, 2.45) is 11.7 Å². The van der Waals surface area contributed by atoms with Crippen molar-refractivity contribution in [3.8, 4) is 0 Å². The largest absolute Gasteiger partial charge is 0.393 e. The average molecular weight is 292 g/mol. The van der Waals surface area contributed by atoms with Crippen LogP contribution in [0.1, 0.15) is 30.7 Å². The van der Waals surface area contributed by atoms with Crippen LogP contribution in [0.25, 0.3) is 0 Å². The quantitative estimate of drug-likeness (QED) is 0.925. The molecule has 1 saturated heterocycles. The zero-order valence-corrected chi connectivity index (χ0v) is 11.7. The number of likely N-dealkylation sites (tertiary alicyclic amines) is 1. The zero-order chi connectivity index (χ0) is 14.0. The highest BCUT2D eigenvalue weighted by Gasteiger charge is 2.43. The summed E-state index contributed by atoms with van der Waals surface area (Å²) in [5, 5.41) is 1.94. The molecular weight excluding hydrogens is 273 g/mol. The second-order valence-corrected chi connectivity index (χ2v) is 6.17. The lowest BCUT2D eigenvalue weighted by Gasteiger charge is -2.40. The molecule has 2 N–H and O–H groups in total. The van der Waals surface area contributed by atoms with E-state index in [1.807, 2.05) is 29.3 Å². The van der Waals surface area contributed by atoms with Gasteiger partial charge in [0.2, 0.25) is 0 Å². The molecule has 3 atom stereocenters. The number of nitrogens with two attached hydrogens (primary N) is 1. The minimum atomic E-state index is -4.10. The van der Waals surface area contributed by atoms with Crippen LogP contribution in [0.3, 0.4) is 0 Å². The second-order valence-electron chi connectivity index (χ2n) is 5.20. The molecule has 0 amide bonds. The molecule has 2 rings (SSSR count). The molecule has 0 bridgehead atoms. The summed E-state index contributed by atoms with van der Waals surface area (Å²) in [6.45, 7) is 2.62. The molecule has 108 valence electrons. The van der Waals surface area contributed by atoms with E-state index in [4.69, 9.17) is 5.73 Å². The van der Waals surface area contributed by atoms with E-state index in [-0.39, 0.29) is 25.0 Å². The number of alkyl halides is 3. The minimum absolute atomic E-state index is 0.0631. The second kappa shape index (κ2) is 5.81. The Hall–Kier alpha value is -0.590. The molecule has 0 spiro atoms. The van der Waals surface area contributed by atoms with Crippen molar-refractivity contribution >= 4 is 11.3 Å². The van der Waals surface area contributed by atoms with E-state index in [2.05, 4.69) is 0 Å². The van der Waals surface area contributed by atoms with Gasteiger partial charge in [-0.25, -0.2) is 0 Å². The minimum Gasteiger partial charge on any atom is -0.326 e. The van der Waals surface area contributed by atoms with Gasteiger partial charge in [-0.2, -0.15) is 13.2 Å². The topological polar surface area (TPSA) is 29.3 Å². The third-order valence-electron chi connectivity index (χ3n) is 3.64. The number of hydrogen-bond donors (Lipinski definition) is 1. The first-order chi connectivity index (χ1) is 8.89. The predicted octanol–water partition coefficient (Wildman–Crippen LogP) is 3.41. The number of thiophene rings is 1. The molecule has 1 aliphatic rings. The van der Waals surface area contributed by atoms with E-state index in [0.717, 1.165) is 4.88 Å². The third kappa shape index (κ3) is 3.49. The number of rotatable bonds is 3. The van der Waals surface area contributed by atoms with Crippen LogP contribution in [0.4, 0.5) is 13.2 Å². The fourth-order valence-electron chi connectivity index (χ4n) is 2.76. The molecule has 1 aliphatic heterocycles. The van der Waals surface area contributed by atoms with Crippen LogP contribution in [-0.4, -0.2) is 30.2 Å². The van der Waals surface area contributed by atoms with Crippen molar-refractivity contribution in [3.63, 3.8) is 0 Å². The summed E-state index contributed by atoms with van der Waals surface area (Å²) in [6, 6.07) is 3.59. The lowest BCUT2D eigenvalue weighted by atomic mass is 9.94. The van der Waals surface area contributed by atoms with Crippen molar-refractivity contribution in [3.05, 3.63) is 22.4 Å². The van der Waals surface area contributed by atoms with Gasteiger partial charge in [-0.1, -0.05) is 6.07 Å². The molecule has 0 saturated carbocycles. The molecule has 1 aromatic rings. The van der Waals surface area contributed by atoms with Crippen LogP contribution >= 0.6 is 11.3 Å². The summed E-state index contributed by atoms with van der Waals surface area (Å²) in [5.41, 5.74) is 6.00. The van der Waals surface area contributed by atoms with Crippen molar-refractivity contribution in [1.82, 2.24) is 4.90 Å². The van der Waals surface area contributed by atoms with Gasteiger partial charge in [0.25, 0.3) is 0 Å². The van der Waals surface area contributed by atoms with Gasteiger partial charge in [0.05, 0.1) is 12.0 Å². The summed E-state index contributed by atoms with van der Waals surface area (Å²) in [5.74, 6) is -1.22. The first kappa shape index (κ1) is 14.8. The lowest BCUT2D eigenvalue weighted by molar-refractivity contribution is -0.189. The maximum Gasteiger partial charge on any atom is 0.393 e. The van der Waals surface area contributed by atoms with Gasteiger partial charge in [-0.3, -0.25) is 4.90 Å². The molecule has 2 heterocycles. The molecule has 6 heteroatoms. The van der Waals surface area contributed by atoms with E-state index in [9.17, 15) is 13.2 Å². The SMILES string of the molecule is CC(N)C(c1cccs1)N1CCCC(C(F)(F)F)C1. The van der Waals surface area contributed by atoms with E-state index >= 15 is 0 Å². The Morgan fingerprint density at radius 2 is 2.21 bits per heavy atom. The van der Waals surface area contributed by atoms with Crippen molar-refractivity contribution in [1.29, 1.82) is 0 Å². The van der Waals surface area contributed by atoms with Crippen LogP contribution in [0.15, 0.2) is 17.5 Å². The molecule has 0 aliphatic carbocycles. The van der Waals surface area contributed by atoms with Crippen LogP contribution in [0.5, 0.6) is 0 Å². The molecule has 1 fully saturated rings. The Kier molecular flexibility index (Phi) is 4.53. The zero-order valence-electron chi connectivity index (χ0n) is 10.9. The van der Waals surface area contributed by atoms with E-state index in [1.165, 1.54) is 0 Å². The Labute approximate surface area is 115 Å². The molecule has 2 nitrogen and oxygen atoms in total. The van der Waals surface area contributed by atoms with Crippen molar-refractivity contribution in [2.75, 3.05) is 13.1 Å². The Morgan fingerprint density at radius 3 is 2.74 bits per heavy atom. The van der Waals surface area contributed by atoms with Gasteiger partial charge in [-0.05, 0) is 37.8 Å². The summed E-state index contributed by atoms with van der Waals surface area (Å²) < 4.78 is 38.6. The fraction of sp³-hybridized carbons (Fsp3) is 0.692. The first-order valence-electron chi connectivity index (χ1n) is 6.49. The van der Waals surface area contributed by atoms with E-state index < -0.39 is 12.1 Å². The highest BCUT2D eigenvalue weighted by Crippen LogP contribution is 2.37. The van der Waals surface area contributed by atoms with Gasteiger partial charge in [-0.15, -0.1) is 11.3 Å². The number of piperidine rings is 1. The van der Waals surface area contributed by atoms with Crippen LogP contribution in [0, 0.1) is 5.92 Å². The summed E-state index contributed by atoms with van der Waals surface area (Å²) in [7, 11) is 0. The molecule has 0 aromatic carbocycles. The number of nitrogens with zero attached hydrogens (tertiary/aromatic N) is 1. The van der Waals surface area contributed by atoms with Gasteiger partial charge in [0.1, 0.15) is 0 Å². The summed E-state index contributed by atoms with van der Waals surface area (Å²) >= 11 is 1.56. The average Bonchev–Trinajstić information content (AvgIpc) is 2.81. The highest BCUT2D eigenvalue weighted by molar-refractivity contribution is 7.10. The maximum atomic E-state index is 12.9. The van der Waals surface area contributed by atoms with E-state index in [0.29, 0.717) is 13.0 Å². The molecule has 1 aromatic heterocycles. The Morgan fingerprint density at radius 1 is 1.47 bits per heavy atom. The van der Waals surface area contributed by atoms with Gasteiger partial charge in [0, 0.05) is 17.5 Å². The summed E-state index contributed by atoms with van der Waals surface area (Å²) in [4.78, 5) is 2.95. The normalized spacial score (nSPS) is 25.2. The molecule has 0 radical (unpaired) electrons. The third-order valence-corrected chi connectivity index (χ3v) is 4.58. The van der Waals surface area contributed by atoms with Gasteiger partial charge >= 0.3 is 6.18 Å². The van der Waals surface area contributed by atoms with Crippen LogP contribution < -0.4 is 5.73 Å². The van der Waals surface area contributed by atoms with Crippen LogP contribution in [-0.2, 0) is 0 Å². The number of halogens is 3. The molecule has 3 unspecified atom stereocenters. The standard InChI is InChI=1S/C13H19F3N2S/c1-9(17)12(11-5-3-7-19-11)18-6-2-4-10(8-18)13(14,15)16/h3,5,7,9-10,12H,2,4,6,8,17H2,1H3. The van der Waals surface area contributed by atoms with Crippen molar-refractivity contribution < 1.29 is 13.2 Å². The van der Waals surface area contributed by atoms with Crippen molar-refractivity contribution in [2.45, 2.75) is 38.0 Å². The lowest BCUT2D eigenvalue weighted by Crippen LogP contribution is -2.47. The van der Waals surface area contributed by atoms with Gasteiger partial charge < -0.3 is 5.73 Å². The monoisotopic (exact) mass is 292 g/mol. The maximum absolute atomic E-state index is 12.9. The smallest absolute Gasteiger partial charge is 0.326 e. The highest BCUT2D eigenvalue weighted by atomic mass is 32.1. The van der Waals surface area contributed by atoms with Crippen LogP contribution in [0.2, 0.25) is 0 Å². The fourth-order valence-corrected chi connectivity index (χ4v) is 3.73. The van der Waals surface area contributed by atoms with Gasteiger partial charge in [0.15, 0.2) is 0 Å². The van der Waals surface area contributed by atoms with E-state index in [1.54, 1.807) is 11.3 Å². The predicted molar refractivity (Wildman–Crippen MR) is 71.1 cm³/mol. The number of hydrogen-bond acceptors (Lipinski definition) is 3. The Balaban J connectivity index is 2.14.